The summed E-state index contributed by atoms with van der Waals surface area (Å²) >= 11 is 0. The second-order valence-corrected chi connectivity index (χ2v) is 5.09. The summed E-state index contributed by atoms with van der Waals surface area (Å²) in [5, 5.41) is 0. The van der Waals surface area contributed by atoms with Crippen molar-refractivity contribution >= 4 is 15.9 Å². The van der Waals surface area contributed by atoms with Gasteiger partial charge in [-0.2, -0.15) is 12.7 Å². The number of anilines is 1. The van der Waals surface area contributed by atoms with Crippen LogP contribution in [0.25, 0.3) is 0 Å². The van der Waals surface area contributed by atoms with Gasteiger partial charge in [-0.15, -0.1) is 0 Å². The highest BCUT2D eigenvalue weighted by Gasteiger charge is 2.16. The molecule has 0 aliphatic carbocycles. The van der Waals surface area contributed by atoms with E-state index in [1.54, 1.807) is 18.3 Å². The third kappa shape index (κ3) is 3.76. The molecule has 0 bridgehead atoms. The predicted octanol–water partition coefficient (Wildman–Crippen LogP) is 0.0189. The van der Waals surface area contributed by atoms with E-state index in [9.17, 15) is 8.42 Å². The van der Waals surface area contributed by atoms with E-state index in [1.807, 2.05) is 0 Å². The Morgan fingerprint density at radius 3 is 2.88 bits per heavy atom. The van der Waals surface area contributed by atoms with E-state index in [0.29, 0.717) is 25.2 Å². The largest absolute Gasteiger partial charge is 0.330 e. The highest BCUT2D eigenvalue weighted by atomic mass is 32.2. The topological polar surface area (TPSA) is 88.3 Å². The Bertz CT molecular complexity index is 407. The van der Waals surface area contributed by atoms with Crippen LogP contribution >= 0.6 is 0 Å². The highest BCUT2D eigenvalue weighted by Crippen LogP contribution is 2.08. The number of nitrogens with two attached hydrogens (primary N) is 1. The molecular weight excluding hydrogens is 228 g/mol. The van der Waals surface area contributed by atoms with E-state index in [4.69, 9.17) is 5.73 Å². The molecule has 0 radical (unpaired) electrons. The van der Waals surface area contributed by atoms with Crippen LogP contribution < -0.4 is 10.5 Å². The fourth-order valence-corrected chi connectivity index (χ4v) is 2.03. The average molecular weight is 244 g/mol. The van der Waals surface area contributed by atoms with Gasteiger partial charge in [-0.25, -0.2) is 0 Å². The molecule has 7 heteroatoms. The van der Waals surface area contributed by atoms with Gasteiger partial charge in [-0.05, 0) is 25.1 Å². The molecule has 1 aromatic heterocycles. The zero-order valence-corrected chi connectivity index (χ0v) is 9.94. The summed E-state index contributed by atoms with van der Waals surface area (Å²) in [6.45, 7) is 0.860. The van der Waals surface area contributed by atoms with Gasteiger partial charge in [0.15, 0.2) is 0 Å². The third-order valence-corrected chi connectivity index (χ3v) is 3.49. The van der Waals surface area contributed by atoms with Crippen LogP contribution in [0.2, 0.25) is 0 Å². The Hall–Kier alpha value is -1.18. The molecule has 0 atom stereocenters. The van der Waals surface area contributed by atoms with Crippen LogP contribution in [-0.2, 0) is 10.2 Å². The summed E-state index contributed by atoms with van der Waals surface area (Å²) in [4.78, 5) is 3.82. The monoisotopic (exact) mass is 244 g/mol. The molecule has 0 saturated heterocycles. The van der Waals surface area contributed by atoms with Crippen molar-refractivity contribution in [2.24, 2.45) is 5.73 Å². The minimum absolute atomic E-state index is 0.395. The molecule has 0 spiro atoms. The maximum atomic E-state index is 11.8. The molecular formula is C9H16N4O2S. The second kappa shape index (κ2) is 5.78. The molecule has 90 valence electrons. The molecule has 1 aromatic rings. The Kier molecular flexibility index (Phi) is 4.66. The maximum Gasteiger partial charge on any atom is 0.301 e. The summed E-state index contributed by atoms with van der Waals surface area (Å²) in [7, 11) is -1.99. The number of aromatic nitrogens is 1. The quantitative estimate of drug-likeness (QED) is 0.738. The minimum Gasteiger partial charge on any atom is -0.330 e. The number of rotatable bonds is 6. The molecule has 1 heterocycles. The van der Waals surface area contributed by atoms with Gasteiger partial charge in [0.25, 0.3) is 0 Å². The lowest BCUT2D eigenvalue weighted by Gasteiger charge is -2.17. The number of hydrogen-bond donors (Lipinski definition) is 2. The van der Waals surface area contributed by atoms with Crippen molar-refractivity contribution < 1.29 is 8.42 Å². The molecule has 0 saturated carbocycles. The summed E-state index contributed by atoms with van der Waals surface area (Å²) in [5.74, 6) is 0. The molecule has 16 heavy (non-hydrogen) atoms. The zero-order chi connectivity index (χ0) is 12.0. The summed E-state index contributed by atoms with van der Waals surface area (Å²) < 4.78 is 27.2. The van der Waals surface area contributed by atoms with Crippen molar-refractivity contribution in [2.75, 3.05) is 24.9 Å². The van der Waals surface area contributed by atoms with E-state index in [2.05, 4.69) is 9.71 Å². The molecule has 0 fully saturated rings. The molecule has 0 aromatic carbocycles. The van der Waals surface area contributed by atoms with E-state index in [-0.39, 0.29) is 0 Å². The normalized spacial score (nSPS) is 11.7. The van der Waals surface area contributed by atoms with Crippen molar-refractivity contribution in [3.05, 3.63) is 24.5 Å². The smallest absolute Gasteiger partial charge is 0.301 e. The van der Waals surface area contributed by atoms with Gasteiger partial charge in [0.1, 0.15) is 0 Å². The molecule has 0 unspecified atom stereocenters. The number of hydrogen-bond acceptors (Lipinski definition) is 4. The molecule has 0 aliphatic heterocycles. The lowest BCUT2D eigenvalue weighted by Crippen LogP contribution is -2.34. The van der Waals surface area contributed by atoms with Crippen LogP contribution in [0.5, 0.6) is 0 Å². The van der Waals surface area contributed by atoms with E-state index in [0.717, 1.165) is 0 Å². The maximum absolute atomic E-state index is 11.8. The molecule has 3 N–H and O–H groups in total. The van der Waals surface area contributed by atoms with Crippen LogP contribution in [0.1, 0.15) is 6.42 Å². The number of nitrogens with one attached hydrogen (secondary N) is 1. The summed E-state index contributed by atoms with van der Waals surface area (Å²) in [6.07, 6.45) is 3.66. The van der Waals surface area contributed by atoms with Gasteiger partial charge in [-0.3, -0.25) is 9.71 Å². The van der Waals surface area contributed by atoms with Crippen LogP contribution in [0.4, 0.5) is 5.69 Å². The minimum atomic E-state index is -3.50. The lowest BCUT2D eigenvalue weighted by molar-refractivity contribution is 0.468. The van der Waals surface area contributed by atoms with Gasteiger partial charge in [0, 0.05) is 19.8 Å². The second-order valence-electron chi connectivity index (χ2n) is 3.31. The van der Waals surface area contributed by atoms with Gasteiger partial charge >= 0.3 is 10.2 Å². The van der Waals surface area contributed by atoms with E-state index in [1.165, 1.54) is 17.5 Å². The van der Waals surface area contributed by atoms with Gasteiger partial charge in [-0.1, -0.05) is 0 Å². The molecule has 0 amide bonds. The van der Waals surface area contributed by atoms with Crippen molar-refractivity contribution in [3.63, 3.8) is 0 Å². The first-order valence-electron chi connectivity index (χ1n) is 4.90. The number of nitrogens with zero attached hydrogens (tertiary/aromatic N) is 2. The zero-order valence-electron chi connectivity index (χ0n) is 9.13. The van der Waals surface area contributed by atoms with Crippen molar-refractivity contribution in [1.29, 1.82) is 0 Å². The van der Waals surface area contributed by atoms with Crippen LogP contribution in [0.15, 0.2) is 24.5 Å². The first kappa shape index (κ1) is 12.9. The van der Waals surface area contributed by atoms with Gasteiger partial charge in [0.05, 0.1) is 11.9 Å². The first-order valence-corrected chi connectivity index (χ1v) is 6.34. The molecule has 6 nitrogen and oxygen atoms in total. The van der Waals surface area contributed by atoms with Crippen molar-refractivity contribution in [2.45, 2.75) is 6.42 Å². The Morgan fingerprint density at radius 1 is 1.56 bits per heavy atom. The number of pyridine rings is 1. The first-order chi connectivity index (χ1) is 7.56. The standard InChI is InChI=1S/C9H16N4O2S/c1-13(7-3-5-10)16(14,15)12-9-4-2-6-11-8-9/h2,4,6,8,12H,3,5,7,10H2,1H3. The Morgan fingerprint density at radius 2 is 2.31 bits per heavy atom. The van der Waals surface area contributed by atoms with Gasteiger partial charge in [0.2, 0.25) is 0 Å². The van der Waals surface area contributed by atoms with Crippen LogP contribution in [0, 0.1) is 0 Å². The Labute approximate surface area is 95.7 Å². The van der Waals surface area contributed by atoms with Crippen molar-refractivity contribution in [3.8, 4) is 0 Å². The van der Waals surface area contributed by atoms with Crippen molar-refractivity contribution in [1.82, 2.24) is 9.29 Å². The average Bonchev–Trinajstić information content (AvgIpc) is 2.26. The van der Waals surface area contributed by atoms with E-state index < -0.39 is 10.2 Å². The SMILES string of the molecule is CN(CCCN)S(=O)(=O)Nc1cccnc1. The lowest BCUT2D eigenvalue weighted by atomic mass is 10.4. The summed E-state index contributed by atoms with van der Waals surface area (Å²) in [5.41, 5.74) is 5.77. The fraction of sp³-hybridized carbons (Fsp3) is 0.444. The van der Waals surface area contributed by atoms with Crippen LogP contribution in [0.3, 0.4) is 0 Å². The molecule has 0 aliphatic rings. The predicted molar refractivity (Wildman–Crippen MR) is 63.1 cm³/mol. The Balaban J connectivity index is 2.65. The fourth-order valence-electron chi connectivity index (χ4n) is 1.08. The summed E-state index contributed by atoms with van der Waals surface area (Å²) in [6, 6.07) is 3.30. The van der Waals surface area contributed by atoms with Crippen LogP contribution in [-0.4, -0.2) is 37.8 Å². The molecule has 1 rings (SSSR count). The van der Waals surface area contributed by atoms with Gasteiger partial charge < -0.3 is 5.73 Å². The third-order valence-electron chi connectivity index (χ3n) is 2.00. The highest BCUT2D eigenvalue weighted by molar-refractivity contribution is 7.90. The van der Waals surface area contributed by atoms with E-state index >= 15 is 0 Å².